The molecule has 9 nitrogen and oxygen atoms in total. The lowest BCUT2D eigenvalue weighted by atomic mass is 10.1. The lowest BCUT2D eigenvalue weighted by Crippen LogP contribution is -2.38. The molecule has 1 amide bonds. The van der Waals surface area contributed by atoms with Crippen molar-refractivity contribution in [3.05, 3.63) is 70.4 Å². The van der Waals surface area contributed by atoms with Gasteiger partial charge < -0.3 is 14.6 Å². The second kappa shape index (κ2) is 10.9. The van der Waals surface area contributed by atoms with E-state index in [0.29, 0.717) is 12.4 Å². The number of nitrogens with zero attached hydrogens (tertiary/aromatic N) is 2. The van der Waals surface area contributed by atoms with Gasteiger partial charge in [-0.15, -0.1) is 0 Å². The van der Waals surface area contributed by atoms with Crippen LogP contribution in [0.2, 0.25) is 0 Å². The smallest absolute Gasteiger partial charge is 0.269 e. The average Bonchev–Trinajstić information content (AvgIpc) is 3.20. The third kappa shape index (κ3) is 5.72. The number of carbonyl (C=O) groups excluding carboxylic acids is 1. The predicted octanol–water partition coefficient (Wildman–Crippen LogP) is 4.84. The molecule has 1 aliphatic rings. The van der Waals surface area contributed by atoms with Crippen LogP contribution in [0.5, 0.6) is 5.75 Å². The van der Waals surface area contributed by atoms with Gasteiger partial charge in [-0.25, -0.2) is 22.5 Å². The Labute approximate surface area is 225 Å². The van der Waals surface area contributed by atoms with Gasteiger partial charge in [-0.3, -0.25) is 9.59 Å². The van der Waals surface area contributed by atoms with Crippen LogP contribution in [0.25, 0.3) is 11.3 Å². The molecular formula is C27H37FN4O5S. The number of hydrogen-bond acceptors (Lipinski definition) is 7. The van der Waals surface area contributed by atoms with Gasteiger partial charge in [0, 0.05) is 28.1 Å². The molecule has 38 heavy (non-hydrogen) atoms. The first-order valence-electron chi connectivity index (χ1n) is 12.4. The highest BCUT2D eigenvalue weighted by molar-refractivity contribution is 7.90. The Morgan fingerprint density at radius 3 is 2.58 bits per heavy atom. The number of carbonyl (C=O) groups is 1. The van der Waals surface area contributed by atoms with E-state index < -0.39 is 32.2 Å². The quantitative estimate of drug-likeness (QED) is 0.413. The number of hydrogen-bond donors (Lipinski definition) is 2. The number of nitrogens with one attached hydrogen (secondary N) is 2. The van der Waals surface area contributed by atoms with Crippen LogP contribution in [-0.4, -0.2) is 43.0 Å². The van der Waals surface area contributed by atoms with Gasteiger partial charge in [-0.05, 0) is 75.1 Å². The molecule has 1 saturated heterocycles. The Hall–Kier alpha value is -3.73. The van der Waals surface area contributed by atoms with Gasteiger partial charge in [0.1, 0.15) is 17.4 Å². The number of anilines is 1. The van der Waals surface area contributed by atoms with Gasteiger partial charge in [-0.2, -0.15) is 0 Å². The van der Waals surface area contributed by atoms with Crippen molar-refractivity contribution in [2.24, 2.45) is 5.92 Å². The van der Waals surface area contributed by atoms with Crippen LogP contribution in [0.1, 0.15) is 55.2 Å². The maximum absolute atomic E-state index is 14.9. The molecule has 2 aromatic heterocycles. The number of benzene rings is 1. The number of halogens is 1. The molecule has 0 saturated carbocycles. The normalized spacial score (nSPS) is 17.6. The zero-order chi connectivity index (χ0) is 27.6. The minimum Gasteiger partial charge on any atom is -0.493 e. The Bertz CT molecular complexity index is 1510. The Morgan fingerprint density at radius 2 is 1.92 bits per heavy atom. The fraction of sp³-hybridized carbons (Fsp3) is 0.370. The summed E-state index contributed by atoms with van der Waals surface area (Å²) in [5, 5.41) is 0. The summed E-state index contributed by atoms with van der Waals surface area (Å²) in [5.41, 5.74) is -0.378. The van der Waals surface area contributed by atoms with Gasteiger partial charge in [0.05, 0.1) is 17.9 Å². The summed E-state index contributed by atoms with van der Waals surface area (Å²) < 4.78 is 48.3. The van der Waals surface area contributed by atoms with Crippen molar-refractivity contribution in [1.82, 2.24) is 14.7 Å². The summed E-state index contributed by atoms with van der Waals surface area (Å²) in [6.45, 7) is 8.45. The maximum atomic E-state index is 14.9. The molecule has 0 unspecified atom stereocenters. The van der Waals surface area contributed by atoms with Crippen molar-refractivity contribution in [1.29, 1.82) is 0 Å². The predicted molar refractivity (Wildman–Crippen MR) is 149 cm³/mol. The summed E-state index contributed by atoms with van der Waals surface area (Å²) in [4.78, 5) is 33.6. The van der Waals surface area contributed by atoms with Gasteiger partial charge in [0.15, 0.2) is 4.90 Å². The zero-order valence-corrected chi connectivity index (χ0v) is 22.5. The van der Waals surface area contributed by atoms with E-state index in [1.54, 1.807) is 12.1 Å². The zero-order valence-electron chi connectivity index (χ0n) is 21.7. The largest absolute Gasteiger partial charge is 0.493 e. The Morgan fingerprint density at radius 1 is 1.21 bits per heavy atom. The summed E-state index contributed by atoms with van der Waals surface area (Å²) in [6.07, 6.45) is 2.99. The van der Waals surface area contributed by atoms with Crippen LogP contribution >= 0.6 is 0 Å². The van der Waals surface area contributed by atoms with Crippen molar-refractivity contribution in [2.75, 3.05) is 11.5 Å². The average molecular weight is 549 g/mol. The molecule has 4 rings (SSSR count). The molecule has 3 aromatic rings. The van der Waals surface area contributed by atoms with Crippen LogP contribution in [0, 0.1) is 11.7 Å². The second-order valence-electron chi connectivity index (χ2n) is 9.89. The SMILES string of the molecule is CC(C)COc1ccc(F)c(-c2ccc(C(=O)NS(=O)(=O)c3ccc[nH]c3=O)c(N3[C@H](C)CC[C@@H]3C)n2)c1.[HH].[HH].[HH]. The van der Waals surface area contributed by atoms with E-state index in [2.05, 4.69) is 9.97 Å². The monoisotopic (exact) mass is 548 g/mol. The van der Waals surface area contributed by atoms with E-state index in [1.807, 2.05) is 37.3 Å². The molecule has 1 aliphatic heterocycles. The standard InChI is InChI=1S/C27H31FN4O5S.3H2/c1-16(2)15-37-19-9-11-22(28)21(14-19)23-12-10-20(25(30-23)32-17(3)7-8-18(32)4)26(33)31-38(35,36)24-6-5-13-29-27(24)34;;;/h5-6,9-14,16-18H,7-8,15H2,1-4H3,(H,29,34)(H,31,33);3*1H/t17-,18+;;;. The second-order valence-corrected chi connectivity index (χ2v) is 11.5. The summed E-state index contributed by atoms with van der Waals surface area (Å²) in [5.74, 6) is -0.439. The third-order valence-corrected chi connectivity index (χ3v) is 7.77. The fourth-order valence-corrected chi connectivity index (χ4v) is 5.51. The van der Waals surface area contributed by atoms with E-state index in [-0.39, 0.29) is 44.9 Å². The van der Waals surface area contributed by atoms with Crippen LogP contribution < -0.4 is 19.9 Å². The number of pyridine rings is 2. The topological polar surface area (TPSA) is 121 Å². The van der Waals surface area contributed by atoms with Crippen molar-refractivity contribution < 1.29 is 26.6 Å². The molecule has 0 spiro atoms. The van der Waals surface area contributed by atoms with E-state index in [1.165, 1.54) is 30.5 Å². The van der Waals surface area contributed by atoms with E-state index >= 15 is 0 Å². The fourth-order valence-electron chi connectivity index (χ4n) is 4.49. The van der Waals surface area contributed by atoms with Crippen molar-refractivity contribution in [3.8, 4) is 17.0 Å². The van der Waals surface area contributed by atoms with Crippen molar-refractivity contribution in [2.45, 2.75) is 57.5 Å². The molecule has 1 fully saturated rings. The maximum Gasteiger partial charge on any atom is 0.269 e. The molecule has 0 aliphatic carbocycles. The number of H-pyrrole nitrogens is 1. The van der Waals surface area contributed by atoms with E-state index in [9.17, 15) is 22.4 Å². The van der Waals surface area contributed by atoms with Gasteiger partial charge >= 0.3 is 0 Å². The Kier molecular flexibility index (Phi) is 7.86. The summed E-state index contributed by atoms with van der Waals surface area (Å²) in [7, 11) is -4.46. The highest BCUT2D eigenvalue weighted by Crippen LogP contribution is 2.34. The van der Waals surface area contributed by atoms with Gasteiger partial charge in [-0.1, -0.05) is 13.8 Å². The van der Waals surface area contributed by atoms with Gasteiger partial charge in [0.2, 0.25) is 0 Å². The molecule has 1 aromatic carbocycles. The highest BCUT2D eigenvalue weighted by atomic mass is 32.2. The third-order valence-electron chi connectivity index (χ3n) is 6.41. The van der Waals surface area contributed by atoms with Crippen LogP contribution in [0.15, 0.2) is 58.4 Å². The number of ether oxygens (including phenoxy) is 1. The lowest BCUT2D eigenvalue weighted by Gasteiger charge is -2.29. The first kappa shape index (κ1) is 27.3. The molecule has 0 radical (unpaired) electrons. The summed E-state index contributed by atoms with van der Waals surface area (Å²) >= 11 is 0. The van der Waals surface area contributed by atoms with Gasteiger partial charge in [0.25, 0.3) is 21.5 Å². The first-order valence-corrected chi connectivity index (χ1v) is 13.9. The molecule has 208 valence electrons. The molecule has 3 heterocycles. The van der Waals surface area contributed by atoms with Crippen LogP contribution in [0.4, 0.5) is 10.2 Å². The minimum absolute atomic E-state index is 0. The number of aromatic nitrogens is 2. The molecule has 0 bridgehead atoms. The molecular weight excluding hydrogens is 511 g/mol. The van der Waals surface area contributed by atoms with Crippen molar-refractivity contribution in [3.63, 3.8) is 0 Å². The number of rotatable bonds is 8. The Balaban J connectivity index is 0.00000280. The highest BCUT2D eigenvalue weighted by Gasteiger charge is 2.33. The number of sulfonamides is 1. The van der Waals surface area contributed by atoms with Crippen molar-refractivity contribution >= 4 is 21.7 Å². The molecule has 2 N–H and O–H groups in total. The van der Waals surface area contributed by atoms with Crippen LogP contribution in [-0.2, 0) is 10.0 Å². The van der Waals surface area contributed by atoms with Crippen LogP contribution in [0.3, 0.4) is 0 Å². The van der Waals surface area contributed by atoms with E-state index in [0.717, 1.165) is 18.9 Å². The first-order chi connectivity index (χ1) is 18.0. The summed E-state index contributed by atoms with van der Waals surface area (Å²) in [6, 6.07) is 9.79. The minimum atomic E-state index is -4.46. The number of aromatic amines is 1. The van der Waals surface area contributed by atoms with E-state index in [4.69, 9.17) is 4.74 Å². The molecule has 11 heteroatoms. The number of amides is 1. The lowest BCUT2D eigenvalue weighted by molar-refractivity contribution is 0.0981. The molecule has 2 atom stereocenters.